The van der Waals surface area contributed by atoms with E-state index in [4.69, 9.17) is 0 Å². The Kier molecular flexibility index (Phi) is 1.94. The molecule has 0 saturated heterocycles. The van der Waals surface area contributed by atoms with Crippen molar-refractivity contribution in [2.45, 2.75) is 13.8 Å². The number of imidazole rings is 1. The standard InChI is InChI=1S/C9H12N2/c1-6(2)8-9(7(3)4)11-5-10-8/h5H,1,3H2,2,4H3,(H,10,11). The van der Waals surface area contributed by atoms with Gasteiger partial charge in [-0.25, -0.2) is 4.98 Å². The number of aromatic nitrogens is 2. The van der Waals surface area contributed by atoms with Gasteiger partial charge in [-0.1, -0.05) is 13.2 Å². The van der Waals surface area contributed by atoms with E-state index in [-0.39, 0.29) is 0 Å². The molecule has 0 unspecified atom stereocenters. The predicted octanol–water partition coefficient (Wildman–Crippen LogP) is 2.48. The molecule has 0 saturated carbocycles. The Balaban J connectivity index is 3.16. The molecule has 0 fully saturated rings. The van der Waals surface area contributed by atoms with Crippen molar-refractivity contribution < 1.29 is 0 Å². The van der Waals surface area contributed by atoms with E-state index in [9.17, 15) is 0 Å². The molecule has 1 N–H and O–H groups in total. The zero-order valence-electron chi connectivity index (χ0n) is 6.94. The fourth-order valence-corrected chi connectivity index (χ4v) is 0.943. The Morgan fingerprint density at radius 2 is 2.00 bits per heavy atom. The molecule has 2 heteroatoms. The first kappa shape index (κ1) is 7.79. The van der Waals surface area contributed by atoms with E-state index in [1.54, 1.807) is 6.33 Å². The average molecular weight is 148 g/mol. The fraction of sp³-hybridized carbons (Fsp3) is 0.222. The molecule has 0 aliphatic heterocycles. The van der Waals surface area contributed by atoms with E-state index >= 15 is 0 Å². The number of rotatable bonds is 2. The summed E-state index contributed by atoms with van der Waals surface area (Å²) in [7, 11) is 0. The summed E-state index contributed by atoms with van der Waals surface area (Å²) in [4.78, 5) is 7.14. The van der Waals surface area contributed by atoms with Crippen LogP contribution >= 0.6 is 0 Å². The smallest absolute Gasteiger partial charge is 0.0932 e. The normalized spacial score (nSPS) is 9.64. The van der Waals surface area contributed by atoms with Crippen molar-refractivity contribution in [3.8, 4) is 0 Å². The summed E-state index contributed by atoms with van der Waals surface area (Å²) in [6.07, 6.45) is 1.66. The van der Waals surface area contributed by atoms with Crippen molar-refractivity contribution in [1.82, 2.24) is 9.97 Å². The molecule has 0 bridgehead atoms. The lowest BCUT2D eigenvalue weighted by molar-refractivity contribution is 1.29. The Morgan fingerprint density at radius 1 is 1.36 bits per heavy atom. The summed E-state index contributed by atoms with van der Waals surface area (Å²) in [6.45, 7) is 11.5. The molecule has 0 aliphatic rings. The largest absolute Gasteiger partial charge is 0.344 e. The number of hydrogen-bond acceptors (Lipinski definition) is 1. The quantitative estimate of drug-likeness (QED) is 0.685. The highest BCUT2D eigenvalue weighted by atomic mass is 14.9. The maximum Gasteiger partial charge on any atom is 0.0932 e. The van der Waals surface area contributed by atoms with Crippen molar-refractivity contribution in [3.05, 3.63) is 30.9 Å². The van der Waals surface area contributed by atoms with Crippen molar-refractivity contribution in [2.75, 3.05) is 0 Å². The highest BCUT2D eigenvalue weighted by Crippen LogP contribution is 2.18. The van der Waals surface area contributed by atoms with E-state index < -0.39 is 0 Å². The fourth-order valence-electron chi connectivity index (χ4n) is 0.943. The molecule has 0 aliphatic carbocycles. The predicted molar refractivity (Wildman–Crippen MR) is 48.0 cm³/mol. The Labute approximate surface area is 66.7 Å². The maximum atomic E-state index is 4.12. The minimum atomic E-state index is 0.914. The SMILES string of the molecule is C=C(C)c1nc[nH]c1C(=C)C. The van der Waals surface area contributed by atoms with Crippen LogP contribution in [0, 0.1) is 0 Å². The van der Waals surface area contributed by atoms with Crippen LogP contribution in [0.4, 0.5) is 0 Å². The van der Waals surface area contributed by atoms with Gasteiger partial charge in [0.25, 0.3) is 0 Å². The molecule has 0 spiro atoms. The van der Waals surface area contributed by atoms with Crippen LogP contribution in [0.3, 0.4) is 0 Å². The lowest BCUT2D eigenvalue weighted by Crippen LogP contribution is -1.85. The number of allylic oxidation sites excluding steroid dienone is 2. The molecule has 2 nitrogen and oxygen atoms in total. The molecular weight excluding hydrogens is 136 g/mol. The number of H-pyrrole nitrogens is 1. The molecule has 0 atom stereocenters. The number of nitrogens with zero attached hydrogens (tertiary/aromatic N) is 1. The van der Waals surface area contributed by atoms with Crippen LogP contribution in [0.1, 0.15) is 25.2 Å². The van der Waals surface area contributed by atoms with Gasteiger partial charge in [-0.2, -0.15) is 0 Å². The summed E-state index contributed by atoms with van der Waals surface area (Å²) in [5.41, 5.74) is 3.85. The Bertz CT molecular complexity index is 266. The molecule has 58 valence electrons. The monoisotopic (exact) mass is 148 g/mol. The minimum Gasteiger partial charge on any atom is -0.344 e. The number of nitrogens with one attached hydrogen (secondary N) is 1. The van der Waals surface area contributed by atoms with Crippen molar-refractivity contribution in [3.63, 3.8) is 0 Å². The summed E-state index contributed by atoms with van der Waals surface area (Å²) >= 11 is 0. The minimum absolute atomic E-state index is 0.914. The molecule has 1 aromatic rings. The van der Waals surface area contributed by atoms with Gasteiger partial charge >= 0.3 is 0 Å². The van der Waals surface area contributed by atoms with E-state index in [0.29, 0.717) is 0 Å². The zero-order valence-corrected chi connectivity index (χ0v) is 6.94. The van der Waals surface area contributed by atoms with Gasteiger partial charge in [-0.15, -0.1) is 0 Å². The van der Waals surface area contributed by atoms with E-state index in [2.05, 4.69) is 23.1 Å². The number of hydrogen-bond donors (Lipinski definition) is 1. The summed E-state index contributed by atoms with van der Waals surface area (Å²) in [6, 6.07) is 0. The molecular formula is C9H12N2. The second-order valence-electron chi connectivity index (χ2n) is 2.69. The van der Waals surface area contributed by atoms with Crippen LogP contribution in [-0.2, 0) is 0 Å². The van der Waals surface area contributed by atoms with E-state index in [0.717, 1.165) is 22.5 Å². The van der Waals surface area contributed by atoms with E-state index in [1.807, 2.05) is 13.8 Å². The van der Waals surface area contributed by atoms with Crippen LogP contribution in [-0.4, -0.2) is 9.97 Å². The topological polar surface area (TPSA) is 28.7 Å². The summed E-state index contributed by atoms with van der Waals surface area (Å²) in [5.74, 6) is 0. The summed E-state index contributed by atoms with van der Waals surface area (Å²) < 4.78 is 0. The van der Waals surface area contributed by atoms with Gasteiger partial charge in [0, 0.05) is 0 Å². The molecule has 1 heterocycles. The second kappa shape index (κ2) is 2.74. The maximum absolute atomic E-state index is 4.12. The lowest BCUT2D eigenvalue weighted by atomic mass is 10.1. The van der Waals surface area contributed by atoms with Gasteiger partial charge in [0.1, 0.15) is 0 Å². The van der Waals surface area contributed by atoms with Crippen LogP contribution in [0.5, 0.6) is 0 Å². The van der Waals surface area contributed by atoms with Crippen molar-refractivity contribution in [2.24, 2.45) is 0 Å². The first-order chi connectivity index (χ1) is 5.13. The number of aromatic amines is 1. The van der Waals surface area contributed by atoms with Crippen molar-refractivity contribution in [1.29, 1.82) is 0 Å². The van der Waals surface area contributed by atoms with E-state index in [1.165, 1.54) is 0 Å². The first-order valence-electron chi connectivity index (χ1n) is 3.48. The van der Waals surface area contributed by atoms with Gasteiger partial charge in [-0.05, 0) is 25.0 Å². The molecule has 1 aromatic heterocycles. The lowest BCUT2D eigenvalue weighted by Gasteiger charge is -1.98. The third kappa shape index (κ3) is 1.40. The van der Waals surface area contributed by atoms with Crippen LogP contribution in [0.15, 0.2) is 19.5 Å². The first-order valence-corrected chi connectivity index (χ1v) is 3.48. The van der Waals surface area contributed by atoms with Crippen LogP contribution in [0.2, 0.25) is 0 Å². The van der Waals surface area contributed by atoms with Crippen molar-refractivity contribution >= 4 is 11.1 Å². The highest BCUT2D eigenvalue weighted by molar-refractivity contribution is 5.71. The van der Waals surface area contributed by atoms with Crippen LogP contribution < -0.4 is 0 Å². The second-order valence-corrected chi connectivity index (χ2v) is 2.69. The zero-order chi connectivity index (χ0) is 8.43. The molecule has 0 aromatic carbocycles. The molecule has 11 heavy (non-hydrogen) atoms. The third-order valence-electron chi connectivity index (χ3n) is 1.47. The van der Waals surface area contributed by atoms with Gasteiger partial charge in [0.2, 0.25) is 0 Å². The Hall–Kier alpha value is -1.31. The molecule has 1 rings (SSSR count). The average Bonchev–Trinajstić information content (AvgIpc) is 2.32. The molecule has 0 radical (unpaired) electrons. The third-order valence-corrected chi connectivity index (χ3v) is 1.47. The molecule has 0 amide bonds. The van der Waals surface area contributed by atoms with Gasteiger partial charge in [0.15, 0.2) is 0 Å². The van der Waals surface area contributed by atoms with Crippen LogP contribution in [0.25, 0.3) is 11.1 Å². The van der Waals surface area contributed by atoms with Gasteiger partial charge < -0.3 is 4.98 Å². The van der Waals surface area contributed by atoms with Gasteiger partial charge in [-0.3, -0.25) is 0 Å². The Morgan fingerprint density at radius 3 is 2.36 bits per heavy atom. The summed E-state index contributed by atoms with van der Waals surface area (Å²) in [5, 5.41) is 0. The highest BCUT2D eigenvalue weighted by Gasteiger charge is 2.05. The van der Waals surface area contributed by atoms with Gasteiger partial charge in [0.05, 0.1) is 17.7 Å².